The molecule has 1 aliphatic carbocycles. The van der Waals surface area contributed by atoms with Gasteiger partial charge in [0.15, 0.2) is 0 Å². The second kappa shape index (κ2) is 9.51. The van der Waals surface area contributed by atoms with E-state index in [1.54, 1.807) is 13.8 Å². The van der Waals surface area contributed by atoms with E-state index in [-0.39, 0.29) is 5.92 Å². The molecule has 1 fully saturated rings. The van der Waals surface area contributed by atoms with Crippen LogP contribution < -0.4 is 0 Å². The Kier molecular flexibility index (Phi) is 7.82. The lowest BCUT2D eigenvalue weighted by atomic mass is 9.78. The Bertz CT molecular complexity index is 931. The van der Waals surface area contributed by atoms with Crippen LogP contribution in [0.4, 0.5) is 13.2 Å². The highest BCUT2D eigenvalue weighted by molar-refractivity contribution is 7.86. The first-order valence-corrected chi connectivity index (χ1v) is 11.8. The highest BCUT2D eigenvalue weighted by atomic mass is 32.2. The van der Waals surface area contributed by atoms with Crippen molar-refractivity contribution < 1.29 is 40.1 Å². The van der Waals surface area contributed by atoms with Gasteiger partial charge in [-0.1, -0.05) is 19.3 Å². The third-order valence-electron chi connectivity index (χ3n) is 6.14. The molecule has 2 rings (SSSR count). The van der Waals surface area contributed by atoms with Crippen LogP contribution in [0.15, 0.2) is 29.2 Å². The number of rotatable bonds is 8. The normalized spacial score (nSPS) is 18.1. The summed E-state index contributed by atoms with van der Waals surface area (Å²) in [6, 6.07) is 2.74. The number of alkyl halides is 3. The fourth-order valence-electron chi connectivity index (χ4n) is 3.61. The number of carbonyl (C=O) groups is 2. The number of halogens is 3. The fraction of sp³-hybridized carbons (Fsp3) is 0.636. The first kappa shape index (κ1) is 26.3. The van der Waals surface area contributed by atoms with Crippen molar-refractivity contribution in [3.8, 4) is 0 Å². The van der Waals surface area contributed by atoms with Gasteiger partial charge in [0.1, 0.15) is 16.8 Å². The highest BCUT2D eigenvalue weighted by Crippen LogP contribution is 2.37. The van der Waals surface area contributed by atoms with Crippen LogP contribution in [0.2, 0.25) is 0 Å². The number of benzene rings is 1. The Morgan fingerprint density at radius 1 is 1.00 bits per heavy atom. The lowest BCUT2D eigenvalue weighted by Crippen LogP contribution is -2.47. The molecule has 10 heteroatoms. The summed E-state index contributed by atoms with van der Waals surface area (Å²) in [6.45, 7) is 5.06. The fourth-order valence-corrected chi connectivity index (χ4v) is 4.61. The number of ether oxygens (including phenoxy) is 1. The van der Waals surface area contributed by atoms with E-state index < -0.39 is 56.1 Å². The summed E-state index contributed by atoms with van der Waals surface area (Å²) in [7, 11) is -4.51. The van der Waals surface area contributed by atoms with Crippen LogP contribution in [0, 0.1) is 11.3 Å². The Balaban J connectivity index is 2.15. The van der Waals surface area contributed by atoms with E-state index in [2.05, 4.69) is 0 Å². The Morgan fingerprint density at radius 3 is 2.00 bits per heavy atom. The minimum atomic E-state index is -4.62. The zero-order valence-electron chi connectivity index (χ0n) is 18.6. The summed E-state index contributed by atoms with van der Waals surface area (Å²) >= 11 is 0. The molecule has 0 radical (unpaired) electrons. The smallest absolute Gasteiger partial charge is 0.416 e. The maximum absolute atomic E-state index is 12.9. The molecular weight excluding hydrogens is 449 g/mol. The molecule has 1 unspecified atom stereocenters. The number of Topliss-reactive ketones (excluding diaryl/α,β-unsaturated/α-hetero) is 1. The number of ketones is 1. The summed E-state index contributed by atoms with van der Waals surface area (Å²) in [5.41, 5.74) is -3.76. The third-order valence-corrected chi connectivity index (χ3v) is 7.42. The Labute approximate surface area is 186 Å². The second-order valence-corrected chi connectivity index (χ2v) is 10.6. The van der Waals surface area contributed by atoms with Gasteiger partial charge < -0.3 is 4.74 Å². The summed E-state index contributed by atoms with van der Waals surface area (Å²) in [5, 5.41) is 0. The van der Waals surface area contributed by atoms with Crippen molar-refractivity contribution in [3.05, 3.63) is 29.8 Å². The van der Waals surface area contributed by atoms with Crippen LogP contribution in [0.25, 0.3) is 0 Å². The molecule has 0 amide bonds. The number of hydrogen-bond donors (Lipinski definition) is 0. The van der Waals surface area contributed by atoms with Crippen molar-refractivity contribution in [2.24, 2.45) is 11.3 Å². The van der Waals surface area contributed by atoms with Crippen molar-refractivity contribution in [2.75, 3.05) is 6.61 Å². The van der Waals surface area contributed by atoms with E-state index in [1.165, 1.54) is 6.92 Å². The number of carbonyl (C=O) groups excluding carboxylic acids is 2. The number of esters is 1. The lowest BCUT2D eigenvalue weighted by Gasteiger charge is -2.38. The van der Waals surface area contributed by atoms with E-state index in [0.717, 1.165) is 51.2 Å². The Morgan fingerprint density at radius 2 is 1.53 bits per heavy atom. The zero-order chi connectivity index (χ0) is 24.4. The van der Waals surface area contributed by atoms with Crippen molar-refractivity contribution in [1.82, 2.24) is 0 Å². The van der Waals surface area contributed by atoms with E-state index in [1.807, 2.05) is 0 Å². The molecule has 1 aliphatic rings. The second-order valence-electron chi connectivity index (χ2n) is 8.95. The van der Waals surface area contributed by atoms with Gasteiger partial charge in [-0.3, -0.25) is 13.8 Å². The first-order valence-electron chi connectivity index (χ1n) is 10.4. The predicted octanol–water partition coefficient (Wildman–Crippen LogP) is 4.91. The van der Waals surface area contributed by atoms with Crippen molar-refractivity contribution in [2.45, 2.75) is 76.5 Å². The summed E-state index contributed by atoms with van der Waals surface area (Å²) < 4.78 is 73.6. The topological polar surface area (TPSA) is 86.7 Å². The average Bonchev–Trinajstić information content (AvgIpc) is 2.71. The van der Waals surface area contributed by atoms with Gasteiger partial charge in [0.25, 0.3) is 10.1 Å². The van der Waals surface area contributed by atoms with Crippen LogP contribution in [0.1, 0.15) is 65.4 Å². The minimum absolute atomic E-state index is 0.119. The first-order chi connectivity index (χ1) is 14.6. The SMILES string of the molecule is CC(=O)C(C)(COS(=O)(=O)c1ccc(C(F)(F)F)cc1)C(=O)OC(C)(C)C1CCCCC1. The molecule has 1 atom stereocenters. The molecule has 180 valence electrons. The van der Waals surface area contributed by atoms with Gasteiger partial charge in [-0.05, 0) is 70.7 Å². The molecule has 1 aromatic carbocycles. The molecule has 0 spiro atoms. The van der Waals surface area contributed by atoms with Gasteiger partial charge in [-0.25, -0.2) is 0 Å². The Hall–Kier alpha value is -1.94. The van der Waals surface area contributed by atoms with Crippen molar-refractivity contribution in [3.63, 3.8) is 0 Å². The molecule has 1 saturated carbocycles. The van der Waals surface area contributed by atoms with E-state index >= 15 is 0 Å². The van der Waals surface area contributed by atoms with Gasteiger partial charge in [0.2, 0.25) is 0 Å². The van der Waals surface area contributed by atoms with Crippen LogP contribution >= 0.6 is 0 Å². The molecular formula is C22H29F3O6S. The summed E-state index contributed by atoms with van der Waals surface area (Å²) in [6.07, 6.45) is 0.298. The molecule has 6 nitrogen and oxygen atoms in total. The molecule has 1 aromatic rings. The molecule has 32 heavy (non-hydrogen) atoms. The molecule has 0 aromatic heterocycles. The van der Waals surface area contributed by atoms with Crippen LogP contribution in [-0.4, -0.2) is 32.4 Å². The summed E-state index contributed by atoms with van der Waals surface area (Å²) in [5.74, 6) is -1.43. The maximum Gasteiger partial charge on any atom is 0.416 e. The van der Waals surface area contributed by atoms with Crippen LogP contribution in [0.3, 0.4) is 0 Å². The van der Waals surface area contributed by atoms with E-state index in [9.17, 15) is 31.2 Å². The van der Waals surface area contributed by atoms with Gasteiger partial charge in [0.05, 0.1) is 17.1 Å². The highest BCUT2D eigenvalue weighted by Gasteiger charge is 2.46. The van der Waals surface area contributed by atoms with Crippen molar-refractivity contribution in [1.29, 1.82) is 0 Å². The van der Waals surface area contributed by atoms with E-state index in [0.29, 0.717) is 12.1 Å². The monoisotopic (exact) mass is 478 g/mol. The third kappa shape index (κ3) is 6.10. The zero-order valence-corrected chi connectivity index (χ0v) is 19.4. The molecule has 0 saturated heterocycles. The van der Waals surface area contributed by atoms with Gasteiger partial charge in [0, 0.05) is 0 Å². The van der Waals surface area contributed by atoms with E-state index in [4.69, 9.17) is 8.92 Å². The van der Waals surface area contributed by atoms with Gasteiger partial charge >= 0.3 is 12.1 Å². The van der Waals surface area contributed by atoms with Crippen molar-refractivity contribution >= 4 is 21.9 Å². The molecule has 0 bridgehead atoms. The summed E-state index contributed by atoms with van der Waals surface area (Å²) in [4.78, 5) is 24.7. The molecule has 0 N–H and O–H groups in total. The maximum atomic E-state index is 12.9. The van der Waals surface area contributed by atoms with Gasteiger partial charge in [-0.15, -0.1) is 0 Å². The van der Waals surface area contributed by atoms with Gasteiger partial charge in [-0.2, -0.15) is 21.6 Å². The standard InChI is InChI=1S/C22H29F3O6S/c1-15(26)21(4,19(27)31-20(2,3)16-8-6-5-7-9-16)14-30-32(28,29)18-12-10-17(11-13-18)22(23,24)25/h10-13,16H,5-9,14H2,1-4H3. The molecule has 0 heterocycles. The lowest BCUT2D eigenvalue weighted by molar-refractivity contribution is -0.178. The number of hydrogen-bond acceptors (Lipinski definition) is 6. The average molecular weight is 479 g/mol. The molecule has 0 aliphatic heterocycles. The van der Waals surface area contributed by atoms with Crippen LogP contribution in [-0.2, 0) is 34.8 Å². The minimum Gasteiger partial charge on any atom is -0.459 e. The quantitative estimate of drug-likeness (QED) is 0.300. The predicted molar refractivity (Wildman–Crippen MR) is 110 cm³/mol. The van der Waals surface area contributed by atoms with Crippen LogP contribution in [0.5, 0.6) is 0 Å². The largest absolute Gasteiger partial charge is 0.459 e.